The number of aliphatic hydroxyl groups excluding tert-OH is 1. The predicted molar refractivity (Wildman–Crippen MR) is 64.1 cm³/mol. The lowest BCUT2D eigenvalue weighted by Gasteiger charge is -2.13. The van der Waals surface area contributed by atoms with Gasteiger partial charge in [-0.25, -0.2) is 4.98 Å². The molecule has 84 valence electrons. The van der Waals surface area contributed by atoms with Crippen LogP contribution in [0.2, 0.25) is 0 Å². The van der Waals surface area contributed by atoms with E-state index in [0.717, 1.165) is 11.6 Å². The van der Waals surface area contributed by atoms with Crippen LogP contribution in [0, 0.1) is 0 Å². The zero-order valence-electron chi connectivity index (χ0n) is 9.23. The third-order valence-corrected chi connectivity index (χ3v) is 3.02. The molecule has 1 aromatic heterocycles. The highest BCUT2D eigenvalue weighted by Crippen LogP contribution is 2.19. The summed E-state index contributed by atoms with van der Waals surface area (Å²) in [5, 5.41) is 13.1. The lowest BCUT2D eigenvalue weighted by atomic mass is 10.1. The summed E-state index contributed by atoms with van der Waals surface area (Å²) in [4.78, 5) is 4.24. The lowest BCUT2D eigenvalue weighted by molar-refractivity contribution is 0.322. The van der Waals surface area contributed by atoms with Crippen LogP contribution in [0.3, 0.4) is 0 Å². The van der Waals surface area contributed by atoms with E-state index in [1.165, 1.54) is 5.56 Å². The van der Waals surface area contributed by atoms with E-state index in [0.29, 0.717) is 11.8 Å². The SMILES string of the molecule is CCNC(C)c1ccnc(SCCO)c1. The van der Waals surface area contributed by atoms with E-state index in [1.807, 2.05) is 12.3 Å². The molecule has 0 radical (unpaired) electrons. The smallest absolute Gasteiger partial charge is 0.0963 e. The number of aliphatic hydroxyl groups is 1. The maximum absolute atomic E-state index is 8.73. The molecule has 1 rings (SSSR count). The fraction of sp³-hybridized carbons (Fsp3) is 0.545. The fourth-order valence-corrected chi connectivity index (χ4v) is 2.00. The van der Waals surface area contributed by atoms with E-state index in [1.54, 1.807) is 11.8 Å². The summed E-state index contributed by atoms with van der Waals surface area (Å²) >= 11 is 1.58. The van der Waals surface area contributed by atoms with Crippen LogP contribution in [0.15, 0.2) is 23.4 Å². The minimum absolute atomic E-state index is 0.194. The molecule has 4 heteroatoms. The number of hydrogen-bond acceptors (Lipinski definition) is 4. The Morgan fingerprint density at radius 2 is 2.40 bits per heavy atom. The Labute approximate surface area is 95.3 Å². The Hall–Kier alpha value is -0.580. The van der Waals surface area contributed by atoms with Gasteiger partial charge in [0.25, 0.3) is 0 Å². The first-order chi connectivity index (χ1) is 7.27. The average Bonchev–Trinajstić information content (AvgIpc) is 2.27. The van der Waals surface area contributed by atoms with Crippen LogP contribution in [0.4, 0.5) is 0 Å². The second-order valence-corrected chi connectivity index (χ2v) is 4.39. The first-order valence-corrected chi connectivity index (χ1v) is 6.19. The zero-order valence-corrected chi connectivity index (χ0v) is 10.0. The van der Waals surface area contributed by atoms with Crippen molar-refractivity contribution in [1.29, 1.82) is 0 Å². The van der Waals surface area contributed by atoms with Crippen molar-refractivity contribution in [2.75, 3.05) is 18.9 Å². The molecule has 0 aliphatic carbocycles. The van der Waals surface area contributed by atoms with Gasteiger partial charge in [0.1, 0.15) is 0 Å². The van der Waals surface area contributed by atoms with E-state index in [4.69, 9.17) is 5.11 Å². The quantitative estimate of drug-likeness (QED) is 0.727. The molecule has 0 bridgehead atoms. The molecule has 0 spiro atoms. The van der Waals surface area contributed by atoms with Crippen LogP contribution in [-0.4, -0.2) is 29.0 Å². The molecule has 0 fully saturated rings. The Morgan fingerprint density at radius 1 is 1.60 bits per heavy atom. The summed E-state index contributed by atoms with van der Waals surface area (Å²) in [6.07, 6.45) is 1.82. The topological polar surface area (TPSA) is 45.2 Å². The number of nitrogens with zero attached hydrogens (tertiary/aromatic N) is 1. The molecular formula is C11H18N2OS. The Morgan fingerprint density at radius 3 is 3.07 bits per heavy atom. The minimum Gasteiger partial charge on any atom is -0.396 e. The summed E-state index contributed by atoms with van der Waals surface area (Å²) in [6, 6.07) is 4.45. The number of hydrogen-bond donors (Lipinski definition) is 2. The number of nitrogens with one attached hydrogen (secondary N) is 1. The van der Waals surface area contributed by atoms with Crippen LogP contribution in [-0.2, 0) is 0 Å². The lowest BCUT2D eigenvalue weighted by Crippen LogP contribution is -2.17. The molecule has 3 nitrogen and oxygen atoms in total. The van der Waals surface area contributed by atoms with Gasteiger partial charge >= 0.3 is 0 Å². The molecule has 15 heavy (non-hydrogen) atoms. The third kappa shape index (κ3) is 4.20. The van der Waals surface area contributed by atoms with Gasteiger partial charge in [-0.1, -0.05) is 6.92 Å². The summed E-state index contributed by atoms with van der Waals surface area (Å²) in [5.41, 5.74) is 1.24. The monoisotopic (exact) mass is 226 g/mol. The van der Waals surface area contributed by atoms with Crippen molar-refractivity contribution in [3.8, 4) is 0 Å². The van der Waals surface area contributed by atoms with Crippen molar-refractivity contribution >= 4 is 11.8 Å². The van der Waals surface area contributed by atoms with Crippen LogP contribution < -0.4 is 5.32 Å². The Balaban J connectivity index is 2.64. The highest BCUT2D eigenvalue weighted by Gasteiger charge is 2.04. The number of rotatable bonds is 6. The molecule has 0 aliphatic rings. The normalized spacial score (nSPS) is 12.7. The van der Waals surface area contributed by atoms with Crippen LogP contribution >= 0.6 is 11.8 Å². The van der Waals surface area contributed by atoms with Gasteiger partial charge in [-0.15, -0.1) is 11.8 Å². The Bertz CT molecular complexity index is 294. The van der Waals surface area contributed by atoms with Crippen molar-refractivity contribution in [2.24, 2.45) is 0 Å². The van der Waals surface area contributed by atoms with Crippen LogP contribution in [0.1, 0.15) is 25.5 Å². The fourth-order valence-electron chi connectivity index (χ4n) is 1.35. The molecule has 0 aliphatic heterocycles. The van der Waals surface area contributed by atoms with Crippen molar-refractivity contribution in [3.63, 3.8) is 0 Å². The largest absolute Gasteiger partial charge is 0.396 e. The van der Waals surface area contributed by atoms with Gasteiger partial charge < -0.3 is 10.4 Å². The van der Waals surface area contributed by atoms with Crippen molar-refractivity contribution in [3.05, 3.63) is 23.9 Å². The molecule has 0 amide bonds. The van der Waals surface area contributed by atoms with Crippen LogP contribution in [0.5, 0.6) is 0 Å². The van der Waals surface area contributed by atoms with Gasteiger partial charge in [-0.3, -0.25) is 0 Å². The molecular weight excluding hydrogens is 208 g/mol. The highest BCUT2D eigenvalue weighted by atomic mass is 32.2. The maximum Gasteiger partial charge on any atom is 0.0963 e. The van der Waals surface area contributed by atoms with E-state index in [-0.39, 0.29) is 6.61 Å². The molecule has 1 unspecified atom stereocenters. The molecule has 0 saturated carbocycles. The molecule has 0 saturated heterocycles. The van der Waals surface area contributed by atoms with Gasteiger partial charge in [0.05, 0.1) is 11.6 Å². The maximum atomic E-state index is 8.73. The van der Waals surface area contributed by atoms with Crippen LogP contribution in [0.25, 0.3) is 0 Å². The van der Waals surface area contributed by atoms with Crippen molar-refractivity contribution in [2.45, 2.75) is 24.9 Å². The second-order valence-electron chi connectivity index (χ2n) is 3.28. The van der Waals surface area contributed by atoms with E-state index in [9.17, 15) is 0 Å². The molecule has 1 atom stereocenters. The van der Waals surface area contributed by atoms with Gasteiger partial charge in [0, 0.05) is 18.0 Å². The second kappa shape index (κ2) is 6.82. The summed E-state index contributed by atoms with van der Waals surface area (Å²) in [7, 11) is 0. The summed E-state index contributed by atoms with van der Waals surface area (Å²) in [6.45, 7) is 5.39. The van der Waals surface area contributed by atoms with E-state index >= 15 is 0 Å². The van der Waals surface area contributed by atoms with Gasteiger partial charge in [0.15, 0.2) is 0 Å². The third-order valence-electron chi connectivity index (χ3n) is 2.11. The van der Waals surface area contributed by atoms with Crippen molar-refractivity contribution in [1.82, 2.24) is 10.3 Å². The average molecular weight is 226 g/mol. The number of thioether (sulfide) groups is 1. The predicted octanol–water partition coefficient (Wildman–Crippen LogP) is 1.84. The highest BCUT2D eigenvalue weighted by molar-refractivity contribution is 7.99. The zero-order chi connectivity index (χ0) is 11.1. The van der Waals surface area contributed by atoms with Gasteiger partial charge in [-0.2, -0.15) is 0 Å². The first kappa shape index (κ1) is 12.5. The molecule has 1 aromatic rings. The van der Waals surface area contributed by atoms with Gasteiger partial charge in [0.2, 0.25) is 0 Å². The van der Waals surface area contributed by atoms with E-state index < -0.39 is 0 Å². The van der Waals surface area contributed by atoms with E-state index in [2.05, 4.69) is 30.2 Å². The number of pyridine rings is 1. The first-order valence-electron chi connectivity index (χ1n) is 5.21. The summed E-state index contributed by atoms with van der Waals surface area (Å²) in [5.74, 6) is 0.700. The van der Waals surface area contributed by atoms with Crippen molar-refractivity contribution < 1.29 is 5.11 Å². The minimum atomic E-state index is 0.194. The summed E-state index contributed by atoms with van der Waals surface area (Å²) < 4.78 is 0. The molecule has 2 N–H and O–H groups in total. The standard InChI is InChI=1S/C11H18N2OS/c1-3-12-9(2)10-4-5-13-11(8-10)15-7-6-14/h4-5,8-9,12,14H,3,6-7H2,1-2H3. The number of aromatic nitrogens is 1. The molecule has 1 heterocycles. The molecule has 0 aromatic carbocycles. The Kier molecular flexibility index (Phi) is 5.68. The van der Waals surface area contributed by atoms with Gasteiger partial charge in [-0.05, 0) is 31.2 Å².